The van der Waals surface area contributed by atoms with Crippen LogP contribution in [-0.2, 0) is 11.2 Å². The molecule has 29 heavy (non-hydrogen) atoms. The Hall–Kier alpha value is -3.23. The van der Waals surface area contributed by atoms with E-state index < -0.39 is 5.91 Å². The van der Waals surface area contributed by atoms with Gasteiger partial charge in [-0.1, -0.05) is 52.3 Å². The lowest BCUT2D eigenvalue weighted by molar-refractivity contribution is -0.112. The molecular formula is C24H18BrFN2O. The minimum atomic E-state index is -0.491. The van der Waals surface area contributed by atoms with Crippen molar-refractivity contribution < 1.29 is 9.18 Å². The predicted molar refractivity (Wildman–Crippen MR) is 117 cm³/mol. The molecule has 144 valence electrons. The van der Waals surface area contributed by atoms with Gasteiger partial charge in [0.2, 0.25) is 0 Å². The molecule has 1 amide bonds. The normalized spacial score (nSPS) is 11.0. The van der Waals surface area contributed by atoms with E-state index in [9.17, 15) is 14.4 Å². The summed E-state index contributed by atoms with van der Waals surface area (Å²) in [7, 11) is 0. The maximum absolute atomic E-state index is 14.1. The summed E-state index contributed by atoms with van der Waals surface area (Å²) in [6, 6.07) is 21.4. The van der Waals surface area contributed by atoms with Crippen molar-refractivity contribution in [2.45, 2.75) is 13.3 Å². The minimum Gasteiger partial charge on any atom is -0.321 e. The van der Waals surface area contributed by atoms with E-state index in [1.807, 2.05) is 49.4 Å². The molecule has 3 aromatic rings. The Balaban J connectivity index is 1.92. The second kappa shape index (κ2) is 9.31. The zero-order chi connectivity index (χ0) is 20.8. The van der Waals surface area contributed by atoms with Gasteiger partial charge in [0.1, 0.15) is 17.5 Å². The Labute approximate surface area is 177 Å². The van der Waals surface area contributed by atoms with Crippen LogP contribution in [0.15, 0.2) is 76.8 Å². The first-order chi connectivity index (χ1) is 14.0. The highest BCUT2D eigenvalue weighted by molar-refractivity contribution is 9.10. The van der Waals surface area contributed by atoms with Gasteiger partial charge in [0, 0.05) is 16.6 Å². The number of aryl methyl sites for hydroxylation is 1. The van der Waals surface area contributed by atoms with Crippen LogP contribution in [0, 0.1) is 24.1 Å². The van der Waals surface area contributed by atoms with Crippen LogP contribution in [0.4, 0.5) is 10.1 Å². The standard InChI is InChI=1S/C24H18BrFN2O/c1-16-5-4-7-22(11-16)28-24(29)20(15-27)13-19-14-21(25)10-9-17(19)12-18-6-2-3-8-23(18)26/h2-11,13-14H,12H2,1H3,(H,28,29)/b20-13+. The molecule has 5 heteroatoms. The summed E-state index contributed by atoms with van der Waals surface area (Å²) in [5.41, 5.74) is 3.64. The van der Waals surface area contributed by atoms with Gasteiger partial charge < -0.3 is 5.32 Å². The average molecular weight is 449 g/mol. The Bertz CT molecular complexity index is 1130. The summed E-state index contributed by atoms with van der Waals surface area (Å²) >= 11 is 3.42. The number of benzene rings is 3. The van der Waals surface area contributed by atoms with Gasteiger partial charge in [-0.05, 0) is 65.6 Å². The molecule has 0 radical (unpaired) electrons. The summed E-state index contributed by atoms with van der Waals surface area (Å²) < 4.78 is 14.9. The molecule has 0 saturated carbocycles. The number of carbonyl (C=O) groups is 1. The van der Waals surface area contributed by atoms with Crippen molar-refractivity contribution in [2.75, 3.05) is 5.32 Å². The van der Waals surface area contributed by atoms with E-state index in [2.05, 4.69) is 21.2 Å². The molecule has 0 aliphatic carbocycles. The predicted octanol–water partition coefficient (Wildman–Crippen LogP) is 6.03. The zero-order valence-electron chi connectivity index (χ0n) is 15.7. The molecule has 3 nitrogen and oxygen atoms in total. The highest BCUT2D eigenvalue weighted by Crippen LogP contribution is 2.23. The molecule has 0 aromatic heterocycles. The van der Waals surface area contributed by atoms with E-state index in [0.29, 0.717) is 23.2 Å². The number of nitriles is 1. The largest absolute Gasteiger partial charge is 0.321 e. The van der Waals surface area contributed by atoms with Crippen LogP contribution in [0.1, 0.15) is 22.3 Å². The fraction of sp³-hybridized carbons (Fsp3) is 0.0833. The second-order valence-corrected chi connectivity index (χ2v) is 7.52. The molecule has 0 bridgehead atoms. The van der Waals surface area contributed by atoms with E-state index in [-0.39, 0.29) is 11.4 Å². The summed E-state index contributed by atoms with van der Waals surface area (Å²) in [5.74, 6) is -0.780. The van der Waals surface area contributed by atoms with Gasteiger partial charge in [0.05, 0.1) is 0 Å². The van der Waals surface area contributed by atoms with Crippen molar-refractivity contribution in [3.63, 3.8) is 0 Å². The van der Waals surface area contributed by atoms with Gasteiger partial charge in [-0.25, -0.2) is 4.39 Å². The molecule has 0 spiro atoms. The van der Waals surface area contributed by atoms with E-state index in [1.165, 1.54) is 12.1 Å². The van der Waals surface area contributed by atoms with Crippen LogP contribution in [-0.4, -0.2) is 5.91 Å². The zero-order valence-corrected chi connectivity index (χ0v) is 17.3. The topological polar surface area (TPSA) is 52.9 Å². The lowest BCUT2D eigenvalue weighted by Gasteiger charge is -2.10. The van der Waals surface area contributed by atoms with Gasteiger partial charge >= 0.3 is 0 Å². The van der Waals surface area contributed by atoms with Crippen LogP contribution in [0.2, 0.25) is 0 Å². The summed E-state index contributed by atoms with van der Waals surface area (Å²) in [4.78, 5) is 12.6. The third-order valence-electron chi connectivity index (χ3n) is 4.39. The van der Waals surface area contributed by atoms with Crippen LogP contribution < -0.4 is 5.32 Å². The fourth-order valence-electron chi connectivity index (χ4n) is 2.93. The molecule has 0 fully saturated rings. The number of nitrogens with one attached hydrogen (secondary N) is 1. The van der Waals surface area contributed by atoms with Gasteiger partial charge in [0.25, 0.3) is 5.91 Å². The van der Waals surface area contributed by atoms with Crippen molar-refractivity contribution in [1.29, 1.82) is 5.26 Å². The van der Waals surface area contributed by atoms with Gasteiger partial charge in [0.15, 0.2) is 0 Å². The number of amides is 1. The molecule has 0 atom stereocenters. The number of halogens is 2. The van der Waals surface area contributed by atoms with E-state index in [1.54, 1.807) is 24.3 Å². The number of anilines is 1. The van der Waals surface area contributed by atoms with Crippen molar-refractivity contribution in [2.24, 2.45) is 0 Å². The smallest absolute Gasteiger partial charge is 0.266 e. The molecule has 0 aliphatic heterocycles. The van der Waals surface area contributed by atoms with E-state index in [4.69, 9.17) is 0 Å². The van der Waals surface area contributed by atoms with Gasteiger partial charge in [-0.3, -0.25) is 4.79 Å². The Morgan fingerprint density at radius 2 is 1.90 bits per heavy atom. The van der Waals surface area contributed by atoms with Crippen LogP contribution in [0.3, 0.4) is 0 Å². The quantitative estimate of drug-likeness (QED) is 0.382. The first kappa shape index (κ1) is 20.5. The Morgan fingerprint density at radius 1 is 1.10 bits per heavy atom. The molecule has 0 unspecified atom stereocenters. The lowest BCUT2D eigenvalue weighted by Crippen LogP contribution is -2.13. The number of hydrogen-bond acceptors (Lipinski definition) is 2. The highest BCUT2D eigenvalue weighted by Gasteiger charge is 2.12. The van der Waals surface area contributed by atoms with Gasteiger partial charge in [-0.2, -0.15) is 5.26 Å². The molecular weight excluding hydrogens is 431 g/mol. The Kier molecular flexibility index (Phi) is 6.58. The minimum absolute atomic E-state index is 0.0283. The third-order valence-corrected chi connectivity index (χ3v) is 4.88. The Morgan fingerprint density at radius 3 is 2.62 bits per heavy atom. The molecule has 0 aliphatic rings. The number of carbonyl (C=O) groups excluding carboxylic acids is 1. The van der Waals surface area contributed by atoms with Crippen LogP contribution in [0.5, 0.6) is 0 Å². The summed E-state index contributed by atoms with van der Waals surface area (Å²) in [5, 5.41) is 12.3. The fourth-order valence-corrected chi connectivity index (χ4v) is 3.31. The summed E-state index contributed by atoms with van der Waals surface area (Å²) in [6.45, 7) is 1.92. The van der Waals surface area contributed by atoms with E-state index in [0.717, 1.165) is 15.6 Å². The maximum Gasteiger partial charge on any atom is 0.266 e. The number of nitrogens with zero attached hydrogens (tertiary/aromatic N) is 1. The van der Waals surface area contributed by atoms with Crippen molar-refractivity contribution in [3.05, 3.63) is 105 Å². The first-order valence-corrected chi connectivity index (χ1v) is 9.77. The van der Waals surface area contributed by atoms with Crippen molar-refractivity contribution >= 4 is 33.6 Å². The number of hydrogen-bond donors (Lipinski definition) is 1. The highest BCUT2D eigenvalue weighted by atomic mass is 79.9. The average Bonchev–Trinajstić information content (AvgIpc) is 2.69. The SMILES string of the molecule is Cc1cccc(NC(=O)/C(C#N)=C/c2cc(Br)ccc2Cc2ccccc2F)c1. The molecule has 0 heterocycles. The van der Waals surface area contributed by atoms with Crippen molar-refractivity contribution in [1.82, 2.24) is 0 Å². The maximum atomic E-state index is 14.1. The summed E-state index contributed by atoms with van der Waals surface area (Å²) in [6.07, 6.45) is 1.88. The lowest BCUT2D eigenvalue weighted by atomic mass is 9.98. The number of rotatable bonds is 5. The van der Waals surface area contributed by atoms with Crippen molar-refractivity contribution in [3.8, 4) is 6.07 Å². The van der Waals surface area contributed by atoms with Gasteiger partial charge in [-0.15, -0.1) is 0 Å². The van der Waals surface area contributed by atoms with E-state index >= 15 is 0 Å². The second-order valence-electron chi connectivity index (χ2n) is 6.60. The molecule has 3 rings (SSSR count). The molecule has 1 N–H and O–H groups in total. The monoisotopic (exact) mass is 448 g/mol. The molecule has 0 saturated heterocycles. The van der Waals surface area contributed by atoms with Crippen LogP contribution >= 0.6 is 15.9 Å². The molecule has 3 aromatic carbocycles. The van der Waals surface area contributed by atoms with Crippen LogP contribution in [0.25, 0.3) is 6.08 Å². The first-order valence-electron chi connectivity index (χ1n) is 8.98. The third kappa shape index (κ3) is 5.40.